The predicted molar refractivity (Wildman–Crippen MR) is 69.5 cm³/mol. The Bertz CT molecular complexity index is 421. The van der Waals surface area contributed by atoms with Crippen molar-refractivity contribution in [3.05, 3.63) is 17.7 Å². The fourth-order valence-electron chi connectivity index (χ4n) is 3.18. The molecule has 5 heteroatoms. The number of aryl methyl sites for hydroxylation is 2. The van der Waals surface area contributed by atoms with Crippen molar-refractivity contribution in [1.29, 1.82) is 0 Å². The standard InChI is InChI=1S/C13H22N4O/c1-10-15-11(8-17(10)3)12-13(18-7-5-14-12)4-6-16(2)9-13/h8,12,14H,4-7,9H2,1-3H3. The first kappa shape index (κ1) is 12.1. The maximum absolute atomic E-state index is 6.16. The third-order valence-corrected chi connectivity index (χ3v) is 4.24. The second kappa shape index (κ2) is 4.33. The molecule has 1 aromatic heterocycles. The predicted octanol–water partition coefficient (Wildman–Crippen LogP) is 0.464. The molecule has 2 unspecified atom stereocenters. The van der Waals surface area contributed by atoms with Crippen molar-refractivity contribution in [3.8, 4) is 0 Å². The van der Waals surface area contributed by atoms with Crippen LogP contribution in [0.4, 0.5) is 0 Å². The van der Waals surface area contributed by atoms with E-state index in [2.05, 4.69) is 33.0 Å². The highest BCUT2D eigenvalue weighted by atomic mass is 16.5. The Hall–Kier alpha value is -0.910. The fraction of sp³-hybridized carbons (Fsp3) is 0.769. The summed E-state index contributed by atoms with van der Waals surface area (Å²) in [7, 11) is 4.20. The number of likely N-dealkylation sites (N-methyl/N-ethyl adjacent to an activating group) is 1. The molecule has 5 nitrogen and oxygen atoms in total. The van der Waals surface area contributed by atoms with Crippen molar-refractivity contribution in [2.24, 2.45) is 7.05 Å². The SMILES string of the molecule is Cc1nc(C2NCCOC23CCN(C)C3)cn1C. The van der Waals surface area contributed by atoms with Crippen molar-refractivity contribution in [2.45, 2.75) is 25.0 Å². The number of hydrogen-bond donors (Lipinski definition) is 1. The third kappa shape index (κ3) is 1.86. The zero-order chi connectivity index (χ0) is 12.8. The van der Waals surface area contributed by atoms with Crippen LogP contribution < -0.4 is 5.32 Å². The van der Waals surface area contributed by atoms with Gasteiger partial charge in [0.25, 0.3) is 0 Å². The Morgan fingerprint density at radius 3 is 2.94 bits per heavy atom. The van der Waals surface area contributed by atoms with Gasteiger partial charge in [0.15, 0.2) is 0 Å². The summed E-state index contributed by atoms with van der Waals surface area (Å²) in [4.78, 5) is 7.02. The second-order valence-electron chi connectivity index (χ2n) is 5.61. The van der Waals surface area contributed by atoms with Gasteiger partial charge in [0.05, 0.1) is 18.3 Å². The summed E-state index contributed by atoms with van der Waals surface area (Å²) < 4.78 is 8.24. The minimum Gasteiger partial charge on any atom is -0.370 e. The van der Waals surface area contributed by atoms with E-state index >= 15 is 0 Å². The number of nitrogens with one attached hydrogen (secondary N) is 1. The van der Waals surface area contributed by atoms with E-state index in [1.807, 2.05) is 14.0 Å². The van der Waals surface area contributed by atoms with Gasteiger partial charge >= 0.3 is 0 Å². The lowest BCUT2D eigenvalue weighted by atomic mass is 9.89. The Balaban J connectivity index is 1.92. The lowest BCUT2D eigenvalue weighted by Gasteiger charge is -2.41. The maximum Gasteiger partial charge on any atom is 0.105 e. The molecular weight excluding hydrogens is 228 g/mol. The molecule has 3 heterocycles. The Morgan fingerprint density at radius 1 is 1.50 bits per heavy atom. The second-order valence-corrected chi connectivity index (χ2v) is 5.61. The first-order chi connectivity index (χ1) is 8.61. The van der Waals surface area contributed by atoms with E-state index < -0.39 is 0 Å². The van der Waals surface area contributed by atoms with Crippen LogP contribution in [0.5, 0.6) is 0 Å². The van der Waals surface area contributed by atoms with Gasteiger partial charge in [-0.2, -0.15) is 0 Å². The van der Waals surface area contributed by atoms with Gasteiger partial charge in [0, 0.05) is 32.9 Å². The van der Waals surface area contributed by atoms with Gasteiger partial charge in [-0.25, -0.2) is 4.98 Å². The molecule has 1 N–H and O–H groups in total. The van der Waals surface area contributed by atoms with Gasteiger partial charge in [0.1, 0.15) is 11.4 Å². The van der Waals surface area contributed by atoms with Crippen LogP contribution in [0.2, 0.25) is 0 Å². The Morgan fingerprint density at radius 2 is 2.33 bits per heavy atom. The summed E-state index contributed by atoms with van der Waals surface area (Å²) in [5.41, 5.74) is 1.03. The van der Waals surface area contributed by atoms with Crippen molar-refractivity contribution >= 4 is 0 Å². The number of likely N-dealkylation sites (tertiary alicyclic amines) is 1. The topological polar surface area (TPSA) is 42.3 Å². The van der Waals surface area contributed by atoms with Crippen LogP contribution in [-0.4, -0.2) is 53.3 Å². The van der Waals surface area contributed by atoms with Crippen molar-refractivity contribution in [3.63, 3.8) is 0 Å². The molecule has 0 saturated carbocycles. The maximum atomic E-state index is 6.16. The van der Waals surface area contributed by atoms with Gasteiger partial charge in [-0.1, -0.05) is 0 Å². The number of imidazole rings is 1. The van der Waals surface area contributed by atoms with Gasteiger partial charge in [-0.05, 0) is 20.4 Å². The van der Waals surface area contributed by atoms with Crippen LogP contribution in [-0.2, 0) is 11.8 Å². The van der Waals surface area contributed by atoms with Crippen LogP contribution in [0.15, 0.2) is 6.20 Å². The molecule has 2 fully saturated rings. The molecule has 18 heavy (non-hydrogen) atoms. The summed E-state index contributed by atoms with van der Waals surface area (Å²) in [6, 6.07) is 0.219. The van der Waals surface area contributed by atoms with Crippen molar-refractivity contribution < 1.29 is 4.74 Å². The number of morpholine rings is 1. The number of nitrogens with zero attached hydrogens (tertiary/aromatic N) is 3. The van der Waals surface area contributed by atoms with Crippen molar-refractivity contribution in [1.82, 2.24) is 19.8 Å². The molecule has 0 aromatic carbocycles. The molecule has 0 aliphatic carbocycles. The van der Waals surface area contributed by atoms with E-state index in [1.165, 1.54) is 0 Å². The third-order valence-electron chi connectivity index (χ3n) is 4.24. The van der Waals surface area contributed by atoms with Gasteiger partial charge in [-0.3, -0.25) is 0 Å². The molecule has 0 radical (unpaired) electrons. The number of hydrogen-bond acceptors (Lipinski definition) is 4. The highest BCUT2D eigenvalue weighted by molar-refractivity contribution is 5.17. The van der Waals surface area contributed by atoms with E-state index in [9.17, 15) is 0 Å². The van der Waals surface area contributed by atoms with Crippen LogP contribution in [0.3, 0.4) is 0 Å². The first-order valence-corrected chi connectivity index (χ1v) is 6.66. The van der Waals surface area contributed by atoms with Gasteiger partial charge in [0.2, 0.25) is 0 Å². The molecular formula is C13H22N4O. The molecule has 0 bridgehead atoms. The minimum atomic E-state index is -0.0895. The number of aromatic nitrogens is 2. The summed E-state index contributed by atoms with van der Waals surface area (Å²) in [5, 5.41) is 3.60. The minimum absolute atomic E-state index is 0.0895. The van der Waals surface area contributed by atoms with E-state index in [0.29, 0.717) is 0 Å². The monoisotopic (exact) mass is 250 g/mol. The molecule has 1 aromatic rings. The number of ether oxygens (including phenoxy) is 1. The molecule has 1 spiro atoms. The molecule has 2 aliphatic rings. The average molecular weight is 250 g/mol. The molecule has 3 rings (SSSR count). The van der Waals surface area contributed by atoms with E-state index in [1.54, 1.807) is 0 Å². The van der Waals surface area contributed by atoms with Crippen LogP contribution in [0, 0.1) is 6.92 Å². The molecule has 0 amide bonds. The lowest BCUT2D eigenvalue weighted by molar-refractivity contribution is -0.0898. The number of rotatable bonds is 1. The largest absolute Gasteiger partial charge is 0.370 e. The van der Waals surface area contributed by atoms with Crippen LogP contribution in [0.1, 0.15) is 24.0 Å². The Labute approximate surface area is 108 Å². The highest BCUT2D eigenvalue weighted by Crippen LogP contribution is 2.38. The smallest absolute Gasteiger partial charge is 0.105 e. The zero-order valence-corrected chi connectivity index (χ0v) is 11.4. The summed E-state index contributed by atoms with van der Waals surface area (Å²) in [6.45, 7) is 5.84. The normalized spacial score (nSPS) is 33.4. The van der Waals surface area contributed by atoms with E-state index in [-0.39, 0.29) is 11.6 Å². The molecule has 2 aliphatic heterocycles. The van der Waals surface area contributed by atoms with Crippen LogP contribution >= 0.6 is 0 Å². The van der Waals surface area contributed by atoms with Crippen LogP contribution in [0.25, 0.3) is 0 Å². The average Bonchev–Trinajstić information content (AvgIpc) is 2.85. The van der Waals surface area contributed by atoms with E-state index in [0.717, 1.165) is 44.2 Å². The molecule has 100 valence electrons. The summed E-state index contributed by atoms with van der Waals surface area (Å²) in [6.07, 6.45) is 3.21. The lowest BCUT2D eigenvalue weighted by Crippen LogP contribution is -2.53. The van der Waals surface area contributed by atoms with Gasteiger partial charge < -0.3 is 19.5 Å². The first-order valence-electron chi connectivity index (χ1n) is 6.66. The molecule has 2 saturated heterocycles. The molecule has 2 atom stereocenters. The van der Waals surface area contributed by atoms with Crippen molar-refractivity contribution in [2.75, 3.05) is 33.3 Å². The summed E-state index contributed by atoms with van der Waals surface area (Å²) >= 11 is 0. The highest BCUT2D eigenvalue weighted by Gasteiger charge is 2.48. The summed E-state index contributed by atoms with van der Waals surface area (Å²) in [5.74, 6) is 1.05. The quantitative estimate of drug-likeness (QED) is 0.786. The van der Waals surface area contributed by atoms with E-state index in [4.69, 9.17) is 4.74 Å². The Kier molecular flexibility index (Phi) is 2.92. The fourth-order valence-corrected chi connectivity index (χ4v) is 3.18. The zero-order valence-electron chi connectivity index (χ0n) is 11.4. The van der Waals surface area contributed by atoms with Gasteiger partial charge in [-0.15, -0.1) is 0 Å².